The minimum absolute atomic E-state index is 0.0126. The van der Waals surface area contributed by atoms with Crippen molar-refractivity contribution in [3.8, 4) is 5.75 Å². The second-order valence-corrected chi connectivity index (χ2v) is 10.4. The van der Waals surface area contributed by atoms with Crippen LogP contribution in [-0.2, 0) is 34.1 Å². The number of carbonyl (C=O) groups is 5. The van der Waals surface area contributed by atoms with E-state index in [0.29, 0.717) is 44.5 Å². The number of ether oxygens (including phenoxy) is 3. The number of hydrogen-bond acceptors (Lipinski definition) is 8. The lowest BCUT2D eigenvalue weighted by Crippen LogP contribution is -2.31. The molecule has 0 radical (unpaired) electrons. The van der Waals surface area contributed by atoms with Crippen LogP contribution in [0.5, 0.6) is 5.75 Å². The van der Waals surface area contributed by atoms with E-state index in [-0.39, 0.29) is 43.3 Å². The zero-order valence-corrected chi connectivity index (χ0v) is 23.6. The summed E-state index contributed by atoms with van der Waals surface area (Å²) in [5, 5.41) is 2.76. The van der Waals surface area contributed by atoms with Crippen molar-refractivity contribution >= 4 is 29.7 Å². The maximum Gasteiger partial charge on any atom is 0.513 e. The molecule has 1 heterocycles. The molecule has 1 N–H and O–H groups in total. The molecule has 214 valence electrons. The van der Waals surface area contributed by atoms with Gasteiger partial charge in [-0.2, -0.15) is 0 Å². The van der Waals surface area contributed by atoms with E-state index in [0.717, 1.165) is 23.1 Å². The quantitative estimate of drug-likeness (QED) is 0.144. The van der Waals surface area contributed by atoms with Crippen LogP contribution in [-0.4, -0.2) is 67.5 Å². The number of nitrogens with zero attached hydrogens (tertiary/aromatic N) is 1. The molecule has 0 fully saturated rings. The number of benzene rings is 1. The van der Waals surface area contributed by atoms with Gasteiger partial charge in [-0.05, 0) is 50.8 Å². The number of ketones is 1. The second kappa shape index (κ2) is 15.2. The molecule has 2 rings (SSSR count). The molecule has 1 aliphatic rings. The molecular weight excluding hydrogens is 504 g/mol. The molecular formula is C29H40N2O8. The molecule has 3 amide bonds. The first kappa shape index (κ1) is 31.7. The molecule has 1 aromatic rings. The lowest BCUT2D eigenvalue weighted by Gasteiger charge is -2.28. The fourth-order valence-corrected chi connectivity index (χ4v) is 4.73. The average Bonchev–Trinajstić information content (AvgIpc) is 3.13. The third-order valence-electron chi connectivity index (χ3n) is 6.21. The number of Topliss-reactive ketones (excluding diaryl/α,β-unsaturated/α-hetero) is 1. The van der Waals surface area contributed by atoms with Crippen molar-refractivity contribution in [1.82, 2.24) is 10.2 Å². The van der Waals surface area contributed by atoms with Gasteiger partial charge in [0.2, 0.25) is 5.91 Å². The second-order valence-electron chi connectivity index (χ2n) is 10.4. The van der Waals surface area contributed by atoms with E-state index < -0.39 is 11.6 Å². The molecule has 10 heteroatoms. The number of unbranched alkanes of at least 4 members (excludes halogenated alkanes) is 2. The van der Waals surface area contributed by atoms with E-state index in [1.54, 1.807) is 6.07 Å². The number of carbonyl (C=O) groups excluding carboxylic acids is 5. The SMILES string of the molecule is CC(=O)CC(C)(C)c1c(C)cc(C)cc1OC(=O)OCCOCCNC(=O)CCCCCN1C(=O)C=CC1=O. The predicted octanol–water partition coefficient (Wildman–Crippen LogP) is 3.69. The Hall–Kier alpha value is -3.53. The Morgan fingerprint density at radius 3 is 2.31 bits per heavy atom. The monoisotopic (exact) mass is 544 g/mol. The summed E-state index contributed by atoms with van der Waals surface area (Å²) in [7, 11) is 0. The number of nitrogens with one attached hydrogen (secondary N) is 1. The first-order valence-corrected chi connectivity index (χ1v) is 13.2. The first-order chi connectivity index (χ1) is 18.4. The highest BCUT2D eigenvalue weighted by Gasteiger charge is 2.29. The van der Waals surface area contributed by atoms with E-state index in [1.807, 2.05) is 33.8 Å². The minimum Gasteiger partial charge on any atom is -0.432 e. The molecule has 10 nitrogen and oxygen atoms in total. The van der Waals surface area contributed by atoms with Crippen LogP contribution in [0.15, 0.2) is 24.3 Å². The van der Waals surface area contributed by atoms with Gasteiger partial charge < -0.3 is 19.5 Å². The fourth-order valence-electron chi connectivity index (χ4n) is 4.73. The maximum atomic E-state index is 12.3. The van der Waals surface area contributed by atoms with Crippen molar-refractivity contribution < 1.29 is 38.2 Å². The van der Waals surface area contributed by atoms with Crippen LogP contribution >= 0.6 is 0 Å². The van der Waals surface area contributed by atoms with Crippen molar-refractivity contribution in [3.63, 3.8) is 0 Å². The first-order valence-electron chi connectivity index (χ1n) is 13.2. The molecule has 0 saturated carbocycles. The van der Waals surface area contributed by atoms with E-state index in [1.165, 1.54) is 24.0 Å². The summed E-state index contributed by atoms with van der Waals surface area (Å²) in [5.74, 6) is -0.264. The van der Waals surface area contributed by atoms with Crippen LogP contribution < -0.4 is 10.1 Å². The molecule has 0 aromatic heterocycles. The summed E-state index contributed by atoms with van der Waals surface area (Å²) in [6, 6.07) is 3.75. The molecule has 0 spiro atoms. The van der Waals surface area contributed by atoms with Gasteiger partial charge in [0, 0.05) is 49.1 Å². The summed E-state index contributed by atoms with van der Waals surface area (Å²) in [5.41, 5.74) is 2.14. The molecule has 0 saturated heterocycles. The third-order valence-corrected chi connectivity index (χ3v) is 6.21. The smallest absolute Gasteiger partial charge is 0.432 e. The zero-order valence-electron chi connectivity index (χ0n) is 23.6. The van der Waals surface area contributed by atoms with Gasteiger partial charge in [-0.15, -0.1) is 0 Å². The summed E-state index contributed by atoms with van der Waals surface area (Å²) >= 11 is 0. The van der Waals surface area contributed by atoms with Crippen LogP contribution in [0.2, 0.25) is 0 Å². The highest BCUT2D eigenvalue weighted by atomic mass is 16.7. The Balaban J connectivity index is 1.60. The van der Waals surface area contributed by atoms with Crippen LogP contribution in [0.25, 0.3) is 0 Å². The number of amides is 3. The largest absolute Gasteiger partial charge is 0.513 e. The van der Waals surface area contributed by atoms with Gasteiger partial charge in [-0.1, -0.05) is 26.3 Å². The number of hydrogen-bond donors (Lipinski definition) is 1. The summed E-state index contributed by atoms with van der Waals surface area (Å²) < 4.78 is 16.0. The minimum atomic E-state index is -0.855. The highest BCUT2D eigenvalue weighted by Crippen LogP contribution is 2.38. The Morgan fingerprint density at radius 2 is 1.64 bits per heavy atom. The Kier molecular flexibility index (Phi) is 12.3. The molecule has 0 bridgehead atoms. The van der Waals surface area contributed by atoms with E-state index in [9.17, 15) is 24.0 Å². The predicted molar refractivity (Wildman–Crippen MR) is 144 cm³/mol. The summed E-state index contributed by atoms with van der Waals surface area (Å²) in [6.45, 7) is 10.3. The van der Waals surface area contributed by atoms with Crippen molar-refractivity contribution in [3.05, 3.63) is 41.0 Å². The van der Waals surface area contributed by atoms with E-state index in [4.69, 9.17) is 14.2 Å². The van der Waals surface area contributed by atoms with Gasteiger partial charge in [0.15, 0.2) is 0 Å². The van der Waals surface area contributed by atoms with Crippen molar-refractivity contribution in [2.24, 2.45) is 0 Å². The van der Waals surface area contributed by atoms with Crippen LogP contribution in [0, 0.1) is 13.8 Å². The van der Waals surface area contributed by atoms with Crippen molar-refractivity contribution in [1.29, 1.82) is 0 Å². The van der Waals surface area contributed by atoms with Gasteiger partial charge in [0.1, 0.15) is 18.1 Å². The van der Waals surface area contributed by atoms with Gasteiger partial charge in [0.25, 0.3) is 11.8 Å². The number of aryl methyl sites for hydroxylation is 2. The maximum absolute atomic E-state index is 12.3. The number of imide groups is 1. The molecule has 39 heavy (non-hydrogen) atoms. The lowest BCUT2D eigenvalue weighted by molar-refractivity contribution is -0.137. The molecule has 0 aliphatic carbocycles. The van der Waals surface area contributed by atoms with Crippen LogP contribution in [0.1, 0.15) is 69.6 Å². The topological polar surface area (TPSA) is 128 Å². The van der Waals surface area contributed by atoms with Crippen molar-refractivity contribution in [2.45, 2.75) is 72.1 Å². The fraction of sp³-hybridized carbons (Fsp3) is 0.552. The molecule has 0 atom stereocenters. The normalized spacial score (nSPS) is 13.1. The van der Waals surface area contributed by atoms with Gasteiger partial charge >= 0.3 is 6.16 Å². The highest BCUT2D eigenvalue weighted by molar-refractivity contribution is 6.12. The lowest BCUT2D eigenvalue weighted by atomic mass is 9.77. The van der Waals surface area contributed by atoms with E-state index >= 15 is 0 Å². The average molecular weight is 545 g/mol. The Labute approximate surface area is 230 Å². The van der Waals surface area contributed by atoms with Crippen LogP contribution in [0.4, 0.5) is 4.79 Å². The summed E-state index contributed by atoms with van der Waals surface area (Å²) in [6.07, 6.45) is 4.36. The standard InChI is InChI=1S/C29H40N2O8/c1-20-17-21(2)27(29(4,5)19-22(3)32)23(18-20)39-28(36)38-16-15-37-14-12-30-24(33)9-7-6-8-13-31-25(34)10-11-26(31)35/h10-11,17-18H,6-9,12-16,19H2,1-5H3,(H,30,33). The molecule has 0 unspecified atom stereocenters. The summed E-state index contributed by atoms with van der Waals surface area (Å²) in [4.78, 5) is 60.1. The van der Waals surface area contributed by atoms with Gasteiger partial charge in [-0.3, -0.25) is 24.1 Å². The number of rotatable bonds is 16. The molecule has 1 aliphatic heterocycles. The Morgan fingerprint density at radius 1 is 0.949 bits per heavy atom. The van der Waals surface area contributed by atoms with E-state index in [2.05, 4.69) is 5.32 Å². The van der Waals surface area contributed by atoms with Gasteiger partial charge in [-0.25, -0.2) is 4.79 Å². The Bertz CT molecular complexity index is 1080. The third kappa shape index (κ3) is 10.6. The van der Waals surface area contributed by atoms with Crippen molar-refractivity contribution in [2.75, 3.05) is 32.9 Å². The zero-order chi connectivity index (χ0) is 29.0. The van der Waals surface area contributed by atoms with Gasteiger partial charge in [0.05, 0.1) is 13.2 Å². The molecule has 1 aromatic carbocycles. The van der Waals surface area contributed by atoms with Crippen LogP contribution in [0.3, 0.4) is 0 Å².